The molecular weight excluding hydrogens is 504 g/mol. The van der Waals surface area contributed by atoms with Crippen LogP contribution in [0.4, 0.5) is 5.69 Å². The van der Waals surface area contributed by atoms with E-state index in [1.54, 1.807) is 18.3 Å². The van der Waals surface area contributed by atoms with Crippen molar-refractivity contribution in [3.05, 3.63) is 66.4 Å². The van der Waals surface area contributed by atoms with Crippen molar-refractivity contribution in [1.82, 2.24) is 14.6 Å². The maximum atomic E-state index is 13.4. The van der Waals surface area contributed by atoms with Crippen molar-refractivity contribution >= 4 is 38.5 Å². The number of carbonyl (C=O) groups is 2. The van der Waals surface area contributed by atoms with Gasteiger partial charge < -0.3 is 15.7 Å². The number of carboxylic acids is 1. The van der Waals surface area contributed by atoms with E-state index in [2.05, 4.69) is 15.6 Å². The zero-order valence-electron chi connectivity index (χ0n) is 22.1. The van der Waals surface area contributed by atoms with Gasteiger partial charge in [0.25, 0.3) is 0 Å². The SMILES string of the molecule is Cc1ccc(S(=O)(=O)N(CC(C)C)[C@@H](CCCCNC(=O)CNc2cnc3ccccc3c2)C(=O)O)cc1. The highest BCUT2D eigenvalue weighted by atomic mass is 32.2. The second-order valence-corrected chi connectivity index (χ2v) is 11.6. The number of hydrogen-bond acceptors (Lipinski definition) is 6. The zero-order chi connectivity index (χ0) is 27.7. The summed E-state index contributed by atoms with van der Waals surface area (Å²) in [4.78, 5) is 28.8. The molecule has 1 aromatic heterocycles. The van der Waals surface area contributed by atoms with Gasteiger partial charge in [0.05, 0.1) is 28.8 Å². The molecule has 38 heavy (non-hydrogen) atoms. The first kappa shape index (κ1) is 29.1. The summed E-state index contributed by atoms with van der Waals surface area (Å²) in [6.07, 6.45) is 2.78. The molecule has 0 aliphatic heterocycles. The molecule has 204 valence electrons. The van der Waals surface area contributed by atoms with Crippen LogP contribution in [0.1, 0.15) is 38.7 Å². The fraction of sp³-hybridized carbons (Fsp3) is 0.393. The number of nitrogens with zero attached hydrogens (tertiary/aromatic N) is 2. The Morgan fingerprint density at radius 1 is 1.05 bits per heavy atom. The van der Waals surface area contributed by atoms with Gasteiger partial charge in [-0.1, -0.05) is 49.7 Å². The molecule has 10 heteroatoms. The summed E-state index contributed by atoms with van der Waals surface area (Å²) in [5.74, 6) is -1.43. The van der Waals surface area contributed by atoms with Crippen molar-refractivity contribution in [2.45, 2.75) is 51.0 Å². The number of unbranched alkanes of at least 4 members (excludes halogenated alkanes) is 1. The van der Waals surface area contributed by atoms with E-state index in [-0.39, 0.29) is 36.2 Å². The molecule has 0 aliphatic carbocycles. The van der Waals surface area contributed by atoms with Gasteiger partial charge in [-0.2, -0.15) is 4.31 Å². The predicted octanol–water partition coefficient (Wildman–Crippen LogP) is 4.04. The number of carbonyl (C=O) groups excluding carboxylic acids is 1. The third-order valence-corrected chi connectivity index (χ3v) is 7.96. The van der Waals surface area contributed by atoms with Crippen LogP contribution in [-0.2, 0) is 19.6 Å². The molecule has 0 spiro atoms. The number of amides is 1. The van der Waals surface area contributed by atoms with Crippen LogP contribution < -0.4 is 10.6 Å². The Kier molecular flexibility index (Phi) is 10.2. The summed E-state index contributed by atoms with van der Waals surface area (Å²) in [6, 6.07) is 14.9. The highest BCUT2D eigenvalue weighted by Gasteiger charge is 2.35. The predicted molar refractivity (Wildman–Crippen MR) is 148 cm³/mol. The molecule has 0 fully saturated rings. The topological polar surface area (TPSA) is 129 Å². The number of rotatable bonds is 14. The summed E-state index contributed by atoms with van der Waals surface area (Å²) in [6.45, 7) is 6.10. The number of para-hydroxylation sites is 1. The summed E-state index contributed by atoms with van der Waals surface area (Å²) in [7, 11) is -3.99. The Morgan fingerprint density at radius 3 is 2.45 bits per heavy atom. The Hall–Kier alpha value is -3.50. The lowest BCUT2D eigenvalue weighted by molar-refractivity contribution is -0.142. The van der Waals surface area contributed by atoms with Gasteiger partial charge in [-0.15, -0.1) is 0 Å². The number of anilines is 1. The van der Waals surface area contributed by atoms with Crippen LogP contribution in [-0.4, -0.2) is 60.4 Å². The molecule has 1 atom stereocenters. The smallest absolute Gasteiger partial charge is 0.322 e. The minimum atomic E-state index is -3.99. The highest BCUT2D eigenvalue weighted by Crippen LogP contribution is 2.23. The van der Waals surface area contributed by atoms with Gasteiger partial charge in [0.1, 0.15) is 6.04 Å². The fourth-order valence-electron chi connectivity index (χ4n) is 4.09. The van der Waals surface area contributed by atoms with E-state index in [4.69, 9.17) is 0 Å². The number of benzene rings is 2. The number of fused-ring (bicyclic) bond motifs is 1. The maximum absolute atomic E-state index is 13.4. The summed E-state index contributed by atoms with van der Waals surface area (Å²) < 4.78 is 27.8. The number of sulfonamides is 1. The number of aryl methyl sites for hydroxylation is 1. The van der Waals surface area contributed by atoms with Gasteiger partial charge >= 0.3 is 5.97 Å². The van der Waals surface area contributed by atoms with Crippen molar-refractivity contribution in [1.29, 1.82) is 0 Å². The largest absolute Gasteiger partial charge is 0.480 e. The number of nitrogens with one attached hydrogen (secondary N) is 2. The van der Waals surface area contributed by atoms with Gasteiger partial charge in [0, 0.05) is 18.5 Å². The molecule has 1 heterocycles. The monoisotopic (exact) mass is 540 g/mol. The number of aliphatic carboxylic acids is 1. The first-order valence-electron chi connectivity index (χ1n) is 12.7. The Bertz CT molecular complexity index is 1340. The molecular formula is C28H36N4O5S. The lowest BCUT2D eigenvalue weighted by Gasteiger charge is -2.29. The molecule has 3 N–H and O–H groups in total. The van der Waals surface area contributed by atoms with Gasteiger partial charge in [-0.25, -0.2) is 8.42 Å². The summed E-state index contributed by atoms with van der Waals surface area (Å²) in [5, 5.41) is 16.8. The quantitative estimate of drug-likeness (QED) is 0.263. The van der Waals surface area contributed by atoms with Gasteiger partial charge in [-0.3, -0.25) is 14.6 Å². The van der Waals surface area contributed by atoms with E-state index < -0.39 is 22.0 Å². The standard InChI is InChI=1S/C28H36N4O5S/c1-20(2)19-32(38(36,37)24-13-11-21(3)12-14-24)26(28(34)35)10-6-7-15-29-27(33)18-30-23-16-22-8-4-5-9-25(22)31-17-23/h4-5,8-9,11-14,16-17,20,26,30H,6-7,10,15,18-19H2,1-3H3,(H,29,33)(H,34,35)/t26-/m0/s1. The van der Waals surface area contributed by atoms with Crippen LogP contribution in [0, 0.1) is 12.8 Å². The average Bonchev–Trinajstić information content (AvgIpc) is 2.88. The number of hydrogen-bond donors (Lipinski definition) is 3. The molecule has 0 saturated heterocycles. The Morgan fingerprint density at radius 2 is 1.76 bits per heavy atom. The van der Waals surface area contributed by atoms with Crippen molar-refractivity contribution in [3.8, 4) is 0 Å². The molecule has 0 bridgehead atoms. The first-order valence-corrected chi connectivity index (χ1v) is 14.2. The van der Waals surface area contributed by atoms with E-state index in [0.29, 0.717) is 19.4 Å². The van der Waals surface area contributed by atoms with Crippen LogP contribution >= 0.6 is 0 Å². The molecule has 3 rings (SSSR count). The van der Waals surface area contributed by atoms with E-state index in [9.17, 15) is 23.1 Å². The maximum Gasteiger partial charge on any atom is 0.322 e. The molecule has 9 nitrogen and oxygen atoms in total. The van der Waals surface area contributed by atoms with Gasteiger partial charge in [-0.05, 0) is 56.4 Å². The Balaban J connectivity index is 1.51. The number of pyridine rings is 1. The van der Waals surface area contributed by atoms with E-state index in [1.807, 2.05) is 51.1 Å². The van der Waals surface area contributed by atoms with Crippen LogP contribution in [0.5, 0.6) is 0 Å². The minimum Gasteiger partial charge on any atom is -0.480 e. The summed E-state index contributed by atoms with van der Waals surface area (Å²) >= 11 is 0. The zero-order valence-corrected chi connectivity index (χ0v) is 22.9. The minimum absolute atomic E-state index is 0.0540. The molecule has 2 aromatic carbocycles. The number of aromatic nitrogens is 1. The van der Waals surface area contributed by atoms with Crippen LogP contribution in [0.25, 0.3) is 10.9 Å². The van der Waals surface area contributed by atoms with E-state index in [0.717, 1.165) is 26.5 Å². The Labute approximate surface area is 224 Å². The normalized spacial score (nSPS) is 12.6. The van der Waals surface area contributed by atoms with Crippen molar-refractivity contribution in [2.75, 3.05) is 25.0 Å². The second-order valence-electron chi connectivity index (χ2n) is 9.75. The molecule has 0 unspecified atom stereocenters. The van der Waals surface area contributed by atoms with E-state index in [1.165, 1.54) is 12.1 Å². The van der Waals surface area contributed by atoms with Crippen molar-refractivity contribution in [2.24, 2.45) is 5.92 Å². The molecule has 1 amide bonds. The van der Waals surface area contributed by atoms with Gasteiger partial charge in [0.15, 0.2) is 0 Å². The lowest BCUT2D eigenvalue weighted by atomic mass is 10.1. The number of carboxylic acid groups (broad SMARTS) is 1. The fourth-order valence-corrected chi connectivity index (χ4v) is 5.87. The second kappa shape index (κ2) is 13.3. The molecule has 3 aromatic rings. The van der Waals surface area contributed by atoms with Crippen molar-refractivity contribution in [3.63, 3.8) is 0 Å². The lowest BCUT2D eigenvalue weighted by Crippen LogP contribution is -2.46. The van der Waals surface area contributed by atoms with Crippen LogP contribution in [0.3, 0.4) is 0 Å². The summed E-state index contributed by atoms with van der Waals surface area (Å²) in [5.41, 5.74) is 2.53. The highest BCUT2D eigenvalue weighted by molar-refractivity contribution is 7.89. The van der Waals surface area contributed by atoms with Crippen LogP contribution in [0.2, 0.25) is 0 Å². The molecule has 0 saturated carbocycles. The van der Waals surface area contributed by atoms with Crippen molar-refractivity contribution < 1.29 is 23.1 Å². The average molecular weight is 541 g/mol. The van der Waals surface area contributed by atoms with Crippen LogP contribution in [0.15, 0.2) is 65.7 Å². The molecule has 0 radical (unpaired) electrons. The molecule has 0 aliphatic rings. The van der Waals surface area contributed by atoms with Gasteiger partial charge in [0.2, 0.25) is 15.9 Å². The third kappa shape index (κ3) is 8.00. The first-order chi connectivity index (χ1) is 18.1. The van der Waals surface area contributed by atoms with E-state index >= 15 is 0 Å². The third-order valence-electron chi connectivity index (χ3n) is 6.08.